The molecule has 0 aliphatic carbocycles. The van der Waals surface area contributed by atoms with Crippen LogP contribution in [0.25, 0.3) is 16.6 Å². The summed E-state index contributed by atoms with van der Waals surface area (Å²) in [5, 5.41) is 0.352. The standard InChI is InChI=1S/C15H9ClFIN2O/c1-8-3-2-4-12(13(8)17)20-14(21)10-7-9(18)5-6-11(10)19-15(20)16/h2-7H,1H3. The Bertz CT molecular complexity index is 923. The first-order valence-corrected chi connectivity index (χ1v) is 7.58. The topological polar surface area (TPSA) is 34.9 Å². The molecule has 3 rings (SSSR count). The molecule has 0 fully saturated rings. The van der Waals surface area contributed by atoms with Crippen LogP contribution in [0.5, 0.6) is 0 Å². The van der Waals surface area contributed by atoms with Gasteiger partial charge in [-0.05, 0) is 70.9 Å². The highest BCUT2D eigenvalue weighted by molar-refractivity contribution is 14.1. The Morgan fingerprint density at radius 3 is 2.81 bits per heavy atom. The second kappa shape index (κ2) is 5.38. The molecule has 0 unspecified atom stereocenters. The zero-order valence-electron chi connectivity index (χ0n) is 10.9. The minimum absolute atomic E-state index is 0.0572. The van der Waals surface area contributed by atoms with Crippen molar-refractivity contribution in [3.05, 3.63) is 67.0 Å². The zero-order chi connectivity index (χ0) is 15.1. The summed E-state index contributed by atoms with van der Waals surface area (Å²) in [5.74, 6) is -0.478. The summed E-state index contributed by atoms with van der Waals surface area (Å²) in [6, 6.07) is 10.1. The summed E-state index contributed by atoms with van der Waals surface area (Å²) in [7, 11) is 0. The fourth-order valence-electron chi connectivity index (χ4n) is 2.14. The number of halogens is 3. The minimum atomic E-state index is -0.478. The van der Waals surface area contributed by atoms with Crippen LogP contribution in [0.2, 0.25) is 5.28 Å². The molecule has 1 heterocycles. The van der Waals surface area contributed by atoms with Crippen molar-refractivity contribution in [2.45, 2.75) is 6.92 Å². The van der Waals surface area contributed by atoms with E-state index in [2.05, 4.69) is 27.6 Å². The van der Waals surface area contributed by atoms with Gasteiger partial charge in [0.05, 0.1) is 16.6 Å². The summed E-state index contributed by atoms with van der Waals surface area (Å²) in [6.07, 6.45) is 0. The molecule has 0 aliphatic heterocycles. The molecule has 3 aromatic rings. The molecule has 0 N–H and O–H groups in total. The lowest BCUT2D eigenvalue weighted by Gasteiger charge is -2.11. The van der Waals surface area contributed by atoms with E-state index in [1.807, 2.05) is 6.07 Å². The van der Waals surface area contributed by atoms with Crippen LogP contribution in [-0.2, 0) is 0 Å². The average molecular weight is 415 g/mol. The maximum atomic E-state index is 14.3. The number of nitrogens with zero attached hydrogens (tertiary/aromatic N) is 2. The van der Waals surface area contributed by atoms with E-state index in [1.165, 1.54) is 6.07 Å². The Morgan fingerprint density at radius 2 is 2.05 bits per heavy atom. The molecular weight excluding hydrogens is 406 g/mol. The van der Waals surface area contributed by atoms with Crippen LogP contribution >= 0.6 is 34.2 Å². The van der Waals surface area contributed by atoms with Gasteiger partial charge in [-0.1, -0.05) is 12.1 Å². The number of benzene rings is 2. The van der Waals surface area contributed by atoms with Gasteiger partial charge in [0.2, 0.25) is 5.28 Å². The van der Waals surface area contributed by atoms with E-state index in [0.29, 0.717) is 16.5 Å². The van der Waals surface area contributed by atoms with Crippen LogP contribution in [0.3, 0.4) is 0 Å². The first-order chi connectivity index (χ1) is 9.99. The van der Waals surface area contributed by atoms with Gasteiger partial charge in [0.15, 0.2) is 0 Å². The fourth-order valence-corrected chi connectivity index (χ4v) is 2.89. The molecule has 1 aromatic heterocycles. The van der Waals surface area contributed by atoms with Crippen molar-refractivity contribution in [1.82, 2.24) is 9.55 Å². The predicted octanol–water partition coefficient (Wildman–Crippen LogP) is 4.09. The van der Waals surface area contributed by atoms with Crippen LogP contribution < -0.4 is 5.56 Å². The van der Waals surface area contributed by atoms with Gasteiger partial charge < -0.3 is 0 Å². The highest BCUT2D eigenvalue weighted by Gasteiger charge is 2.15. The van der Waals surface area contributed by atoms with Crippen LogP contribution in [0.4, 0.5) is 4.39 Å². The van der Waals surface area contributed by atoms with E-state index in [9.17, 15) is 9.18 Å². The van der Waals surface area contributed by atoms with Crippen LogP contribution in [0.15, 0.2) is 41.2 Å². The summed E-state index contributed by atoms with van der Waals surface area (Å²) < 4.78 is 16.3. The van der Waals surface area contributed by atoms with Crippen molar-refractivity contribution < 1.29 is 4.39 Å². The maximum Gasteiger partial charge on any atom is 0.267 e. The molecule has 0 saturated heterocycles. The lowest BCUT2D eigenvalue weighted by molar-refractivity contribution is 0.607. The summed E-state index contributed by atoms with van der Waals surface area (Å²) in [5.41, 5.74) is 0.666. The molecule has 106 valence electrons. The van der Waals surface area contributed by atoms with Gasteiger partial charge in [-0.15, -0.1) is 0 Å². The normalized spacial score (nSPS) is 11.0. The van der Waals surface area contributed by atoms with Crippen molar-refractivity contribution in [1.29, 1.82) is 0 Å². The third-order valence-electron chi connectivity index (χ3n) is 3.20. The van der Waals surface area contributed by atoms with Crippen molar-refractivity contribution in [3.8, 4) is 5.69 Å². The number of aromatic nitrogens is 2. The van der Waals surface area contributed by atoms with Crippen molar-refractivity contribution in [2.75, 3.05) is 0 Å². The maximum absolute atomic E-state index is 14.3. The van der Waals surface area contributed by atoms with Gasteiger partial charge in [0.25, 0.3) is 5.56 Å². The highest BCUT2D eigenvalue weighted by Crippen LogP contribution is 2.21. The number of rotatable bonds is 1. The van der Waals surface area contributed by atoms with Gasteiger partial charge in [0.1, 0.15) is 5.82 Å². The van der Waals surface area contributed by atoms with Gasteiger partial charge >= 0.3 is 0 Å². The molecule has 0 amide bonds. The van der Waals surface area contributed by atoms with Crippen molar-refractivity contribution in [2.24, 2.45) is 0 Å². The Labute approximate surface area is 138 Å². The molecule has 2 aromatic carbocycles. The second-order valence-corrected chi connectivity index (χ2v) is 6.17. The smallest absolute Gasteiger partial charge is 0.267 e. The number of aryl methyl sites for hydroxylation is 1. The van der Waals surface area contributed by atoms with Gasteiger partial charge in [-0.2, -0.15) is 0 Å². The van der Waals surface area contributed by atoms with Crippen molar-refractivity contribution in [3.63, 3.8) is 0 Å². The monoisotopic (exact) mass is 414 g/mol. The summed E-state index contributed by atoms with van der Waals surface area (Å²) in [4.78, 5) is 16.8. The van der Waals surface area contributed by atoms with E-state index in [4.69, 9.17) is 11.6 Å². The number of hydrogen-bond acceptors (Lipinski definition) is 2. The molecule has 21 heavy (non-hydrogen) atoms. The largest absolute Gasteiger partial charge is 0.268 e. The van der Waals surface area contributed by atoms with Gasteiger partial charge in [0, 0.05) is 3.57 Å². The van der Waals surface area contributed by atoms with Crippen molar-refractivity contribution >= 4 is 45.1 Å². The minimum Gasteiger partial charge on any atom is -0.268 e. The van der Waals surface area contributed by atoms with E-state index < -0.39 is 5.82 Å². The third-order valence-corrected chi connectivity index (χ3v) is 4.13. The predicted molar refractivity (Wildman–Crippen MR) is 89.8 cm³/mol. The molecular formula is C15H9ClFIN2O. The highest BCUT2D eigenvalue weighted by atomic mass is 127. The molecule has 3 nitrogen and oxygen atoms in total. The first kappa shape index (κ1) is 14.5. The van der Waals surface area contributed by atoms with Crippen LogP contribution in [-0.4, -0.2) is 9.55 Å². The Balaban J connectivity index is 2.43. The molecule has 0 spiro atoms. The molecule has 0 aliphatic rings. The van der Waals surface area contributed by atoms with E-state index >= 15 is 0 Å². The van der Waals surface area contributed by atoms with E-state index in [0.717, 1.165) is 8.14 Å². The van der Waals surface area contributed by atoms with Crippen LogP contribution in [0.1, 0.15) is 5.56 Å². The third kappa shape index (κ3) is 2.44. The Hall–Kier alpha value is -1.47. The fraction of sp³-hybridized carbons (Fsp3) is 0.0667. The number of fused-ring (bicyclic) bond motifs is 1. The van der Waals surface area contributed by atoms with Gasteiger partial charge in [-0.3, -0.25) is 4.79 Å². The SMILES string of the molecule is Cc1cccc(-n2c(Cl)nc3ccc(I)cc3c2=O)c1F. The van der Waals surface area contributed by atoms with Crippen LogP contribution in [0, 0.1) is 16.3 Å². The molecule has 6 heteroatoms. The molecule has 0 saturated carbocycles. The summed E-state index contributed by atoms with van der Waals surface area (Å²) >= 11 is 8.20. The molecule has 0 atom stereocenters. The summed E-state index contributed by atoms with van der Waals surface area (Å²) in [6.45, 7) is 1.63. The molecule has 0 bridgehead atoms. The lowest BCUT2D eigenvalue weighted by Crippen LogP contribution is -2.21. The van der Waals surface area contributed by atoms with E-state index in [1.54, 1.807) is 31.2 Å². The Kier molecular flexibility index (Phi) is 3.71. The first-order valence-electron chi connectivity index (χ1n) is 6.12. The van der Waals surface area contributed by atoms with E-state index in [-0.39, 0.29) is 16.5 Å². The quantitative estimate of drug-likeness (QED) is 0.444. The second-order valence-electron chi connectivity index (χ2n) is 4.59. The molecule has 0 radical (unpaired) electrons. The zero-order valence-corrected chi connectivity index (χ0v) is 13.8. The lowest BCUT2D eigenvalue weighted by atomic mass is 10.2. The number of hydrogen-bond donors (Lipinski definition) is 0. The Morgan fingerprint density at radius 1 is 1.29 bits per heavy atom. The average Bonchev–Trinajstić information content (AvgIpc) is 2.44. The van der Waals surface area contributed by atoms with Gasteiger partial charge in [-0.25, -0.2) is 13.9 Å².